The van der Waals surface area contributed by atoms with Crippen molar-refractivity contribution < 1.29 is 9.53 Å². The van der Waals surface area contributed by atoms with E-state index in [1.807, 2.05) is 30.3 Å². The molecule has 1 aliphatic rings. The van der Waals surface area contributed by atoms with Crippen molar-refractivity contribution in [3.05, 3.63) is 35.9 Å². The summed E-state index contributed by atoms with van der Waals surface area (Å²) in [4.78, 5) is 13.6. The summed E-state index contributed by atoms with van der Waals surface area (Å²) in [6.45, 7) is 3.78. The van der Waals surface area contributed by atoms with E-state index in [1.54, 1.807) is 4.90 Å². The van der Waals surface area contributed by atoms with Crippen LogP contribution in [0.5, 0.6) is 0 Å². The van der Waals surface area contributed by atoms with E-state index in [1.165, 1.54) is 0 Å². The van der Waals surface area contributed by atoms with E-state index < -0.39 is 0 Å². The van der Waals surface area contributed by atoms with Gasteiger partial charge in [0.1, 0.15) is 6.61 Å². The summed E-state index contributed by atoms with van der Waals surface area (Å²) in [5.74, 6) is 0.336. The molecule has 4 heteroatoms. The summed E-state index contributed by atoms with van der Waals surface area (Å²) < 4.78 is 5.30. The van der Waals surface area contributed by atoms with E-state index in [0.717, 1.165) is 12.0 Å². The van der Waals surface area contributed by atoms with E-state index in [2.05, 4.69) is 6.92 Å². The van der Waals surface area contributed by atoms with E-state index >= 15 is 0 Å². The average molecular weight is 248 g/mol. The first kappa shape index (κ1) is 12.9. The Kier molecular flexibility index (Phi) is 4.20. The zero-order valence-electron chi connectivity index (χ0n) is 10.7. The minimum absolute atomic E-state index is 0.197. The van der Waals surface area contributed by atoms with Crippen molar-refractivity contribution in [2.75, 3.05) is 13.1 Å². The fourth-order valence-electron chi connectivity index (χ4n) is 2.14. The smallest absolute Gasteiger partial charge is 0.410 e. The summed E-state index contributed by atoms with van der Waals surface area (Å²) in [5, 5.41) is 0. The van der Waals surface area contributed by atoms with Gasteiger partial charge in [-0.05, 0) is 17.9 Å². The standard InChI is InChI=1S/C14H20N2O2/c1-11-9-16(8-7-13(11)15)14(17)18-10-12-5-3-2-4-6-12/h2-6,11,13H,7-10,15H2,1H3. The first-order valence-electron chi connectivity index (χ1n) is 6.38. The maximum atomic E-state index is 11.9. The van der Waals surface area contributed by atoms with Gasteiger partial charge in [0, 0.05) is 19.1 Å². The number of nitrogens with zero attached hydrogens (tertiary/aromatic N) is 1. The Bertz CT molecular complexity index is 394. The molecule has 1 heterocycles. The summed E-state index contributed by atoms with van der Waals surface area (Å²) in [6, 6.07) is 9.91. The van der Waals surface area contributed by atoms with Crippen LogP contribution >= 0.6 is 0 Å². The molecule has 2 atom stereocenters. The molecule has 0 aliphatic carbocycles. The Balaban J connectivity index is 1.82. The monoisotopic (exact) mass is 248 g/mol. The highest BCUT2D eigenvalue weighted by Crippen LogP contribution is 2.16. The molecule has 2 unspecified atom stereocenters. The topological polar surface area (TPSA) is 55.6 Å². The summed E-state index contributed by atoms with van der Waals surface area (Å²) in [5.41, 5.74) is 6.93. The van der Waals surface area contributed by atoms with Crippen molar-refractivity contribution in [1.82, 2.24) is 4.90 Å². The number of rotatable bonds is 2. The van der Waals surface area contributed by atoms with Gasteiger partial charge in [-0.15, -0.1) is 0 Å². The summed E-state index contributed by atoms with van der Waals surface area (Å²) in [7, 11) is 0. The molecule has 98 valence electrons. The molecule has 0 saturated carbocycles. The van der Waals surface area contributed by atoms with Crippen molar-refractivity contribution in [3.8, 4) is 0 Å². The van der Waals surface area contributed by atoms with Crippen LogP contribution in [-0.4, -0.2) is 30.1 Å². The van der Waals surface area contributed by atoms with E-state index in [-0.39, 0.29) is 12.1 Å². The molecular weight excluding hydrogens is 228 g/mol. The van der Waals surface area contributed by atoms with E-state index in [9.17, 15) is 4.79 Å². The van der Waals surface area contributed by atoms with Crippen LogP contribution in [0.25, 0.3) is 0 Å². The quantitative estimate of drug-likeness (QED) is 0.870. The van der Waals surface area contributed by atoms with E-state index in [0.29, 0.717) is 25.6 Å². The van der Waals surface area contributed by atoms with Gasteiger partial charge >= 0.3 is 6.09 Å². The van der Waals surface area contributed by atoms with Gasteiger partial charge in [-0.1, -0.05) is 37.3 Å². The number of likely N-dealkylation sites (tertiary alicyclic amines) is 1. The third-order valence-corrected chi connectivity index (χ3v) is 3.43. The van der Waals surface area contributed by atoms with Crippen LogP contribution in [-0.2, 0) is 11.3 Å². The second kappa shape index (κ2) is 5.87. The molecule has 0 bridgehead atoms. The van der Waals surface area contributed by atoms with Crippen LogP contribution in [0, 0.1) is 5.92 Å². The average Bonchev–Trinajstić information content (AvgIpc) is 2.40. The number of benzene rings is 1. The molecular formula is C14H20N2O2. The molecule has 1 aromatic rings. The van der Waals surface area contributed by atoms with Gasteiger partial charge in [-0.3, -0.25) is 0 Å². The lowest BCUT2D eigenvalue weighted by atomic mass is 9.95. The molecule has 1 aliphatic heterocycles. The van der Waals surface area contributed by atoms with Crippen LogP contribution in [0.1, 0.15) is 18.9 Å². The van der Waals surface area contributed by atoms with Crippen molar-refractivity contribution in [2.24, 2.45) is 11.7 Å². The highest BCUT2D eigenvalue weighted by molar-refractivity contribution is 5.67. The molecule has 2 rings (SSSR count). The molecule has 1 aromatic carbocycles. The molecule has 18 heavy (non-hydrogen) atoms. The molecule has 0 radical (unpaired) electrons. The number of nitrogens with two attached hydrogens (primary N) is 1. The lowest BCUT2D eigenvalue weighted by Gasteiger charge is -2.34. The number of hydrogen-bond acceptors (Lipinski definition) is 3. The van der Waals surface area contributed by atoms with Crippen molar-refractivity contribution in [2.45, 2.75) is 26.0 Å². The van der Waals surface area contributed by atoms with Gasteiger partial charge < -0.3 is 15.4 Å². The number of ether oxygens (including phenoxy) is 1. The molecule has 0 spiro atoms. The highest BCUT2D eigenvalue weighted by atomic mass is 16.6. The third kappa shape index (κ3) is 3.23. The fourth-order valence-corrected chi connectivity index (χ4v) is 2.14. The lowest BCUT2D eigenvalue weighted by Crippen LogP contribution is -2.48. The second-order valence-electron chi connectivity index (χ2n) is 4.92. The zero-order valence-corrected chi connectivity index (χ0v) is 10.7. The van der Waals surface area contributed by atoms with Gasteiger partial charge in [-0.25, -0.2) is 4.79 Å². The number of hydrogen-bond donors (Lipinski definition) is 1. The van der Waals surface area contributed by atoms with E-state index in [4.69, 9.17) is 10.5 Å². The predicted octanol–water partition coefficient (Wildman–Crippen LogP) is 1.99. The fraction of sp³-hybridized carbons (Fsp3) is 0.500. The molecule has 1 fully saturated rings. The third-order valence-electron chi connectivity index (χ3n) is 3.43. The van der Waals surface area contributed by atoms with Gasteiger partial charge in [-0.2, -0.15) is 0 Å². The van der Waals surface area contributed by atoms with Crippen LogP contribution in [0.3, 0.4) is 0 Å². The van der Waals surface area contributed by atoms with Crippen molar-refractivity contribution in [1.29, 1.82) is 0 Å². The van der Waals surface area contributed by atoms with Crippen LogP contribution in [0.15, 0.2) is 30.3 Å². The molecule has 4 nitrogen and oxygen atoms in total. The van der Waals surface area contributed by atoms with Gasteiger partial charge in [0.25, 0.3) is 0 Å². The zero-order chi connectivity index (χ0) is 13.0. The Morgan fingerprint density at radius 1 is 1.44 bits per heavy atom. The highest BCUT2D eigenvalue weighted by Gasteiger charge is 2.26. The van der Waals surface area contributed by atoms with Crippen LogP contribution in [0.4, 0.5) is 4.79 Å². The maximum absolute atomic E-state index is 11.9. The predicted molar refractivity (Wildman–Crippen MR) is 70.0 cm³/mol. The molecule has 0 aromatic heterocycles. The Labute approximate surface area is 108 Å². The Morgan fingerprint density at radius 3 is 2.83 bits per heavy atom. The number of carbonyl (C=O) groups excluding carboxylic acids is 1. The van der Waals surface area contributed by atoms with Crippen molar-refractivity contribution in [3.63, 3.8) is 0 Å². The molecule has 1 amide bonds. The first-order valence-corrected chi connectivity index (χ1v) is 6.38. The minimum atomic E-state index is -0.238. The minimum Gasteiger partial charge on any atom is -0.445 e. The van der Waals surface area contributed by atoms with Crippen LogP contribution in [0.2, 0.25) is 0 Å². The number of carbonyl (C=O) groups is 1. The lowest BCUT2D eigenvalue weighted by molar-refractivity contribution is 0.0772. The Morgan fingerprint density at radius 2 is 2.17 bits per heavy atom. The van der Waals surface area contributed by atoms with Crippen molar-refractivity contribution >= 4 is 6.09 Å². The molecule has 2 N–H and O–H groups in total. The van der Waals surface area contributed by atoms with Gasteiger partial charge in [0.15, 0.2) is 0 Å². The second-order valence-corrected chi connectivity index (χ2v) is 4.92. The number of piperidine rings is 1. The van der Waals surface area contributed by atoms with Gasteiger partial charge in [0.2, 0.25) is 0 Å². The van der Waals surface area contributed by atoms with Gasteiger partial charge in [0.05, 0.1) is 0 Å². The number of amides is 1. The maximum Gasteiger partial charge on any atom is 0.410 e. The summed E-state index contributed by atoms with van der Waals surface area (Å²) in [6.07, 6.45) is 0.610. The normalized spacial score (nSPS) is 23.8. The SMILES string of the molecule is CC1CN(C(=O)OCc2ccccc2)CCC1N. The largest absolute Gasteiger partial charge is 0.445 e. The molecule has 1 saturated heterocycles. The van der Waals surface area contributed by atoms with Crippen LogP contribution < -0.4 is 5.73 Å². The first-order chi connectivity index (χ1) is 8.66. The Hall–Kier alpha value is -1.55. The summed E-state index contributed by atoms with van der Waals surface area (Å²) >= 11 is 0.